The number of halogens is 1. The van der Waals surface area contributed by atoms with Gasteiger partial charge in [0.15, 0.2) is 0 Å². The number of ether oxygens (including phenoxy) is 2. The van der Waals surface area contributed by atoms with Crippen LogP contribution in [0.5, 0.6) is 17.4 Å². The largest absolute Gasteiger partial charge is 0.497 e. The Labute approximate surface area is 132 Å². The summed E-state index contributed by atoms with van der Waals surface area (Å²) in [7, 11) is 1.61. The summed E-state index contributed by atoms with van der Waals surface area (Å²) in [6.45, 7) is 0. The van der Waals surface area contributed by atoms with Crippen molar-refractivity contribution in [2.75, 3.05) is 12.4 Å². The Bertz CT molecular complexity index is 777. The van der Waals surface area contributed by atoms with Crippen LogP contribution in [-0.4, -0.2) is 17.1 Å². The van der Waals surface area contributed by atoms with E-state index in [-0.39, 0.29) is 5.82 Å². The Morgan fingerprint density at radius 1 is 0.913 bits per heavy atom. The Kier molecular flexibility index (Phi) is 4.33. The molecule has 0 spiro atoms. The molecule has 3 rings (SSSR count). The van der Waals surface area contributed by atoms with Crippen molar-refractivity contribution in [2.24, 2.45) is 0 Å². The van der Waals surface area contributed by atoms with Crippen molar-refractivity contribution in [3.05, 3.63) is 66.6 Å². The van der Waals surface area contributed by atoms with Crippen LogP contribution < -0.4 is 14.8 Å². The second kappa shape index (κ2) is 6.74. The van der Waals surface area contributed by atoms with Gasteiger partial charge in [0.2, 0.25) is 11.8 Å². The first-order valence-corrected chi connectivity index (χ1v) is 6.90. The predicted octanol–water partition coefficient (Wildman–Crippen LogP) is 4.16. The van der Waals surface area contributed by atoms with Crippen LogP contribution in [-0.2, 0) is 0 Å². The average molecular weight is 311 g/mol. The summed E-state index contributed by atoms with van der Waals surface area (Å²) >= 11 is 0. The smallest absolute Gasteiger partial charge is 0.230 e. The maximum absolute atomic E-state index is 12.9. The number of nitrogens with zero attached hydrogens (tertiary/aromatic N) is 2. The summed E-state index contributed by atoms with van der Waals surface area (Å²) in [5.41, 5.74) is 0.824. The number of anilines is 2. The fraction of sp³-hybridized carbons (Fsp3) is 0.0588. The van der Waals surface area contributed by atoms with Gasteiger partial charge in [-0.1, -0.05) is 0 Å². The molecule has 3 aromatic rings. The first kappa shape index (κ1) is 14.8. The molecule has 0 aliphatic carbocycles. The second-order valence-electron chi connectivity index (χ2n) is 4.63. The highest BCUT2D eigenvalue weighted by atomic mass is 19.1. The molecule has 0 unspecified atom stereocenters. The van der Waals surface area contributed by atoms with Crippen LogP contribution in [0.4, 0.5) is 16.0 Å². The SMILES string of the molecule is COc1ccc(Nc2nccc(Oc3ccc(F)cc3)n2)cc1. The van der Waals surface area contributed by atoms with Gasteiger partial charge in [0, 0.05) is 18.0 Å². The summed E-state index contributed by atoms with van der Waals surface area (Å²) in [6.07, 6.45) is 1.58. The standard InChI is InChI=1S/C17H14FN3O2/c1-22-14-8-4-13(5-9-14)20-17-19-11-10-16(21-17)23-15-6-2-12(18)3-7-15/h2-11H,1H3,(H,19,20,21). The first-order valence-electron chi connectivity index (χ1n) is 6.90. The van der Waals surface area contributed by atoms with Gasteiger partial charge in [-0.15, -0.1) is 0 Å². The molecule has 1 aromatic heterocycles. The molecule has 0 fully saturated rings. The van der Waals surface area contributed by atoms with Gasteiger partial charge >= 0.3 is 0 Å². The molecule has 1 N–H and O–H groups in total. The van der Waals surface area contributed by atoms with Gasteiger partial charge in [0.25, 0.3) is 0 Å². The Balaban J connectivity index is 1.72. The van der Waals surface area contributed by atoms with Gasteiger partial charge in [-0.3, -0.25) is 0 Å². The van der Waals surface area contributed by atoms with Crippen LogP contribution in [0.15, 0.2) is 60.8 Å². The molecule has 0 amide bonds. The van der Waals surface area contributed by atoms with Crippen LogP contribution in [0.25, 0.3) is 0 Å². The maximum Gasteiger partial charge on any atom is 0.230 e. The molecule has 0 bridgehead atoms. The molecular weight excluding hydrogens is 297 g/mol. The summed E-state index contributed by atoms with van der Waals surface area (Å²) in [6, 6.07) is 14.7. The summed E-state index contributed by atoms with van der Waals surface area (Å²) in [5.74, 6) is 1.71. The highest BCUT2D eigenvalue weighted by molar-refractivity contribution is 5.54. The van der Waals surface area contributed by atoms with Gasteiger partial charge in [-0.25, -0.2) is 9.37 Å². The second-order valence-corrected chi connectivity index (χ2v) is 4.63. The number of hydrogen-bond donors (Lipinski definition) is 1. The zero-order valence-electron chi connectivity index (χ0n) is 12.4. The van der Waals surface area contributed by atoms with Crippen molar-refractivity contribution in [2.45, 2.75) is 0 Å². The van der Waals surface area contributed by atoms with Crippen LogP contribution in [0.3, 0.4) is 0 Å². The van der Waals surface area contributed by atoms with Crippen molar-refractivity contribution < 1.29 is 13.9 Å². The summed E-state index contributed by atoms with van der Waals surface area (Å²) in [4.78, 5) is 8.40. The van der Waals surface area contributed by atoms with E-state index >= 15 is 0 Å². The molecular formula is C17H14FN3O2. The van der Waals surface area contributed by atoms with Crippen LogP contribution in [0.1, 0.15) is 0 Å². The molecule has 0 aliphatic rings. The minimum atomic E-state index is -0.318. The van der Waals surface area contributed by atoms with E-state index in [9.17, 15) is 4.39 Å². The van der Waals surface area contributed by atoms with Gasteiger partial charge in [0.05, 0.1) is 7.11 Å². The minimum Gasteiger partial charge on any atom is -0.497 e. The molecule has 1 heterocycles. The van der Waals surface area contributed by atoms with Crippen LogP contribution in [0, 0.1) is 5.82 Å². The van der Waals surface area contributed by atoms with E-state index < -0.39 is 0 Å². The molecule has 0 saturated heterocycles. The zero-order valence-corrected chi connectivity index (χ0v) is 12.4. The molecule has 2 aromatic carbocycles. The summed E-state index contributed by atoms with van der Waals surface area (Å²) in [5, 5.41) is 3.07. The average Bonchev–Trinajstić information content (AvgIpc) is 2.58. The maximum atomic E-state index is 12.9. The zero-order chi connectivity index (χ0) is 16.1. The topological polar surface area (TPSA) is 56.3 Å². The van der Waals surface area contributed by atoms with E-state index in [4.69, 9.17) is 9.47 Å². The highest BCUT2D eigenvalue weighted by Gasteiger charge is 2.03. The lowest BCUT2D eigenvalue weighted by molar-refractivity contribution is 0.415. The molecule has 0 atom stereocenters. The third-order valence-corrected chi connectivity index (χ3v) is 3.01. The quantitative estimate of drug-likeness (QED) is 0.766. The molecule has 6 heteroatoms. The lowest BCUT2D eigenvalue weighted by Gasteiger charge is -2.08. The molecule has 23 heavy (non-hydrogen) atoms. The van der Waals surface area contributed by atoms with E-state index in [0.29, 0.717) is 17.6 Å². The van der Waals surface area contributed by atoms with E-state index in [0.717, 1.165) is 11.4 Å². The third kappa shape index (κ3) is 3.94. The van der Waals surface area contributed by atoms with Crippen molar-refractivity contribution in [3.8, 4) is 17.4 Å². The molecule has 5 nitrogen and oxygen atoms in total. The number of rotatable bonds is 5. The third-order valence-electron chi connectivity index (χ3n) is 3.01. The minimum absolute atomic E-state index is 0.318. The van der Waals surface area contributed by atoms with Crippen molar-refractivity contribution in [3.63, 3.8) is 0 Å². The monoisotopic (exact) mass is 311 g/mol. The Hall–Kier alpha value is -3.15. The van der Waals surface area contributed by atoms with Gasteiger partial charge in [-0.2, -0.15) is 4.98 Å². The van der Waals surface area contributed by atoms with Gasteiger partial charge in [0.1, 0.15) is 17.3 Å². The number of nitrogens with one attached hydrogen (secondary N) is 1. The first-order chi connectivity index (χ1) is 11.2. The Morgan fingerprint density at radius 2 is 1.61 bits per heavy atom. The van der Waals surface area contributed by atoms with Crippen molar-refractivity contribution >= 4 is 11.6 Å². The normalized spacial score (nSPS) is 10.2. The van der Waals surface area contributed by atoms with Crippen molar-refractivity contribution in [1.82, 2.24) is 9.97 Å². The molecule has 0 saturated carbocycles. The lowest BCUT2D eigenvalue weighted by atomic mass is 10.3. The summed E-state index contributed by atoms with van der Waals surface area (Å²) < 4.78 is 23.6. The molecule has 0 radical (unpaired) electrons. The number of aromatic nitrogens is 2. The van der Waals surface area contributed by atoms with Gasteiger partial charge in [-0.05, 0) is 48.5 Å². The Morgan fingerprint density at radius 3 is 2.30 bits per heavy atom. The van der Waals surface area contributed by atoms with Gasteiger partial charge < -0.3 is 14.8 Å². The fourth-order valence-corrected chi connectivity index (χ4v) is 1.89. The van der Waals surface area contributed by atoms with E-state index in [1.165, 1.54) is 24.3 Å². The fourth-order valence-electron chi connectivity index (χ4n) is 1.89. The number of methoxy groups -OCH3 is 1. The van der Waals surface area contributed by atoms with Crippen LogP contribution in [0.2, 0.25) is 0 Å². The number of benzene rings is 2. The van der Waals surface area contributed by atoms with E-state index in [1.807, 2.05) is 24.3 Å². The lowest BCUT2D eigenvalue weighted by Crippen LogP contribution is -1.98. The molecule has 116 valence electrons. The predicted molar refractivity (Wildman–Crippen MR) is 84.8 cm³/mol. The number of hydrogen-bond acceptors (Lipinski definition) is 5. The van der Waals surface area contributed by atoms with Crippen LogP contribution >= 0.6 is 0 Å². The molecule has 0 aliphatic heterocycles. The van der Waals surface area contributed by atoms with E-state index in [2.05, 4.69) is 15.3 Å². The van der Waals surface area contributed by atoms with E-state index in [1.54, 1.807) is 19.4 Å². The van der Waals surface area contributed by atoms with Crippen molar-refractivity contribution in [1.29, 1.82) is 0 Å². The highest BCUT2D eigenvalue weighted by Crippen LogP contribution is 2.22.